The van der Waals surface area contributed by atoms with E-state index >= 15 is 0 Å². The first-order valence-electron chi connectivity index (χ1n) is 9.39. The fourth-order valence-electron chi connectivity index (χ4n) is 3.16. The van der Waals surface area contributed by atoms with E-state index in [-0.39, 0.29) is 24.0 Å². The van der Waals surface area contributed by atoms with Crippen LogP contribution < -0.4 is 10.6 Å². The van der Waals surface area contributed by atoms with E-state index < -0.39 is 0 Å². The molecular formula is C18H35IN6O. The quantitative estimate of drug-likeness (QED) is 0.246. The number of methoxy groups -OCH3 is 1. The number of ether oxygens (including phenoxy) is 1. The summed E-state index contributed by atoms with van der Waals surface area (Å²) in [5, 5.41) is 7.00. The van der Waals surface area contributed by atoms with Gasteiger partial charge < -0.3 is 24.8 Å². The second-order valence-corrected chi connectivity index (χ2v) is 6.63. The number of nitrogens with one attached hydrogen (secondary N) is 2. The van der Waals surface area contributed by atoms with Crippen LogP contribution >= 0.6 is 24.0 Å². The summed E-state index contributed by atoms with van der Waals surface area (Å²) in [5.74, 6) is 2.01. The van der Waals surface area contributed by atoms with Crippen molar-refractivity contribution >= 4 is 29.9 Å². The lowest BCUT2D eigenvalue weighted by Crippen LogP contribution is -2.49. The van der Waals surface area contributed by atoms with E-state index in [0.717, 1.165) is 76.8 Å². The van der Waals surface area contributed by atoms with Crippen molar-refractivity contribution < 1.29 is 4.74 Å². The van der Waals surface area contributed by atoms with Crippen LogP contribution in [0.25, 0.3) is 0 Å². The number of imidazole rings is 1. The van der Waals surface area contributed by atoms with Crippen LogP contribution in [0.3, 0.4) is 0 Å². The fraction of sp³-hybridized carbons (Fsp3) is 0.778. The summed E-state index contributed by atoms with van der Waals surface area (Å²) in [4.78, 5) is 11.1. The molecular weight excluding hydrogens is 443 g/mol. The van der Waals surface area contributed by atoms with Gasteiger partial charge in [-0.25, -0.2) is 4.98 Å². The normalized spacial score (nSPS) is 16.3. The first-order valence-corrected chi connectivity index (χ1v) is 9.39. The minimum Gasteiger partial charge on any atom is -0.383 e. The molecule has 7 nitrogen and oxygen atoms in total. The van der Waals surface area contributed by atoms with Crippen LogP contribution in [-0.2, 0) is 11.3 Å². The van der Waals surface area contributed by atoms with Crippen molar-refractivity contribution in [1.29, 1.82) is 0 Å². The van der Waals surface area contributed by atoms with Crippen LogP contribution in [0.15, 0.2) is 17.4 Å². The molecule has 1 aliphatic heterocycles. The molecule has 0 aliphatic carbocycles. The number of halogens is 1. The van der Waals surface area contributed by atoms with Gasteiger partial charge in [-0.3, -0.25) is 4.99 Å². The zero-order chi connectivity index (χ0) is 17.9. The van der Waals surface area contributed by atoms with E-state index in [9.17, 15) is 0 Å². The number of rotatable bonds is 9. The highest BCUT2D eigenvalue weighted by atomic mass is 127. The first-order chi connectivity index (χ1) is 12.2. The highest BCUT2D eigenvalue weighted by molar-refractivity contribution is 14.0. The molecule has 1 aliphatic rings. The summed E-state index contributed by atoms with van der Waals surface area (Å²) in [6.45, 7) is 8.13. The van der Waals surface area contributed by atoms with Crippen LogP contribution in [0.5, 0.6) is 0 Å². The molecule has 26 heavy (non-hydrogen) atoms. The topological polar surface area (TPSA) is 66.7 Å². The standard InChI is InChI=1S/C18H34N6O.HI/c1-16-20-9-13-24(16)10-5-4-8-21-18(19-2)22-17-6-11-23(12-7-17)14-15-25-3;/h9,13,17H,4-8,10-12,14-15H2,1-3H3,(H2,19,21,22);1H. The van der Waals surface area contributed by atoms with Gasteiger partial charge in [-0.2, -0.15) is 0 Å². The van der Waals surface area contributed by atoms with Crippen molar-refractivity contribution in [3.8, 4) is 0 Å². The van der Waals surface area contributed by atoms with Gasteiger partial charge in [-0.05, 0) is 32.6 Å². The molecule has 1 aromatic heterocycles. The Kier molecular flexibility index (Phi) is 11.9. The molecule has 0 atom stereocenters. The second kappa shape index (κ2) is 13.3. The number of nitrogens with zero attached hydrogens (tertiary/aromatic N) is 4. The molecule has 0 unspecified atom stereocenters. The van der Waals surface area contributed by atoms with E-state index in [2.05, 4.69) is 30.1 Å². The van der Waals surface area contributed by atoms with Crippen molar-refractivity contribution in [2.75, 3.05) is 46.9 Å². The average Bonchev–Trinajstić information content (AvgIpc) is 3.04. The summed E-state index contributed by atoms with van der Waals surface area (Å²) in [6.07, 6.45) is 8.48. The summed E-state index contributed by atoms with van der Waals surface area (Å²) >= 11 is 0. The predicted molar refractivity (Wildman–Crippen MR) is 117 cm³/mol. The molecule has 0 spiro atoms. The Balaban J connectivity index is 0.00000338. The number of aryl methyl sites for hydroxylation is 2. The molecule has 0 amide bonds. The van der Waals surface area contributed by atoms with Crippen LogP contribution in [0, 0.1) is 6.92 Å². The third kappa shape index (κ3) is 8.22. The summed E-state index contributed by atoms with van der Waals surface area (Å²) in [5.41, 5.74) is 0. The molecule has 150 valence electrons. The van der Waals surface area contributed by atoms with Gasteiger partial charge in [0, 0.05) is 65.3 Å². The Bertz CT molecular complexity index is 514. The van der Waals surface area contributed by atoms with E-state index in [1.807, 2.05) is 26.4 Å². The van der Waals surface area contributed by atoms with Crippen molar-refractivity contribution in [3.63, 3.8) is 0 Å². The van der Waals surface area contributed by atoms with Crippen LogP contribution in [0.4, 0.5) is 0 Å². The monoisotopic (exact) mass is 478 g/mol. The molecule has 0 bridgehead atoms. The zero-order valence-corrected chi connectivity index (χ0v) is 18.7. The Morgan fingerprint density at radius 3 is 2.69 bits per heavy atom. The number of aromatic nitrogens is 2. The van der Waals surface area contributed by atoms with E-state index in [0.29, 0.717) is 6.04 Å². The third-order valence-corrected chi connectivity index (χ3v) is 4.81. The molecule has 2 rings (SSSR count). The van der Waals surface area contributed by atoms with E-state index in [1.54, 1.807) is 7.11 Å². The van der Waals surface area contributed by atoms with Crippen molar-refractivity contribution in [2.45, 2.75) is 45.2 Å². The van der Waals surface area contributed by atoms with Crippen LogP contribution in [0.1, 0.15) is 31.5 Å². The fourth-order valence-corrected chi connectivity index (χ4v) is 3.16. The molecule has 2 heterocycles. The lowest BCUT2D eigenvalue weighted by atomic mass is 10.1. The van der Waals surface area contributed by atoms with Gasteiger partial charge in [0.2, 0.25) is 0 Å². The Labute approximate surface area is 175 Å². The predicted octanol–water partition coefficient (Wildman–Crippen LogP) is 1.87. The van der Waals surface area contributed by atoms with Gasteiger partial charge in [-0.15, -0.1) is 24.0 Å². The van der Waals surface area contributed by atoms with Gasteiger partial charge in [0.1, 0.15) is 5.82 Å². The minimum absolute atomic E-state index is 0. The Morgan fingerprint density at radius 1 is 1.31 bits per heavy atom. The molecule has 2 N–H and O–H groups in total. The Hall–Kier alpha value is -0.870. The maximum Gasteiger partial charge on any atom is 0.191 e. The SMILES string of the molecule is CN=C(NCCCCn1ccnc1C)NC1CCN(CCOC)CC1.I. The maximum atomic E-state index is 5.16. The first kappa shape index (κ1) is 23.2. The lowest BCUT2D eigenvalue weighted by Gasteiger charge is -2.32. The van der Waals surface area contributed by atoms with Crippen molar-refractivity contribution in [1.82, 2.24) is 25.1 Å². The smallest absolute Gasteiger partial charge is 0.191 e. The maximum absolute atomic E-state index is 5.16. The summed E-state index contributed by atoms with van der Waals surface area (Å²) < 4.78 is 7.36. The molecule has 0 saturated carbocycles. The largest absolute Gasteiger partial charge is 0.383 e. The minimum atomic E-state index is 0. The van der Waals surface area contributed by atoms with Gasteiger partial charge in [-0.1, -0.05) is 0 Å². The number of likely N-dealkylation sites (tertiary alicyclic amines) is 1. The molecule has 8 heteroatoms. The second-order valence-electron chi connectivity index (χ2n) is 6.63. The van der Waals surface area contributed by atoms with Crippen molar-refractivity contribution in [2.24, 2.45) is 4.99 Å². The number of hydrogen-bond donors (Lipinski definition) is 2. The summed E-state index contributed by atoms with van der Waals surface area (Å²) in [7, 11) is 3.61. The van der Waals surface area contributed by atoms with Crippen LogP contribution in [0.2, 0.25) is 0 Å². The number of piperidine rings is 1. The van der Waals surface area contributed by atoms with E-state index in [4.69, 9.17) is 4.74 Å². The number of unbranched alkanes of at least 4 members (excludes halogenated alkanes) is 1. The lowest BCUT2D eigenvalue weighted by molar-refractivity contribution is 0.128. The van der Waals surface area contributed by atoms with Gasteiger partial charge in [0.25, 0.3) is 0 Å². The third-order valence-electron chi connectivity index (χ3n) is 4.81. The highest BCUT2D eigenvalue weighted by Crippen LogP contribution is 2.09. The van der Waals surface area contributed by atoms with Gasteiger partial charge >= 0.3 is 0 Å². The highest BCUT2D eigenvalue weighted by Gasteiger charge is 2.19. The zero-order valence-electron chi connectivity index (χ0n) is 16.4. The molecule has 1 aromatic rings. The van der Waals surface area contributed by atoms with Crippen molar-refractivity contribution in [3.05, 3.63) is 18.2 Å². The molecule has 1 fully saturated rings. The van der Waals surface area contributed by atoms with Crippen LogP contribution in [-0.4, -0.2) is 73.4 Å². The molecule has 0 radical (unpaired) electrons. The Morgan fingerprint density at radius 2 is 2.08 bits per heavy atom. The molecule has 0 aromatic carbocycles. The number of guanidine groups is 1. The number of aliphatic imine (C=N–C) groups is 1. The summed E-state index contributed by atoms with van der Waals surface area (Å²) in [6, 6.07) is 0.513. The van der Waals surface area contributed by atoms with Gasteiger partial charge in [0.15, 0.2) is 5.96 Å². The molecule has 1 saturated heterocycles. The average molecular weight is 478 g/mol. The number of hydrogen-bond acceptors (Lipinski definition) is 4. The van der Waals surface area contributed by atoms with E-state index in [1.165, 1.54) is 0 Å². The van der Waals surface area contributed by atoms with Gasteiger partial charge in [0.05, 0.1) is 6.61 Å².